The second-order valence-electron chi connectivity index (χ2n) is 3.72. The molecule has 0 aliphatic carbocycles. The van der Waals surface area contributed by atoms with E-state index < -0.39 is 4.92 Å². The molecule has 6 heteroatoms. The first-order valence-electron chi connectivity index (χ1n) is 5.22. The average molecular weight is 239 g/mol. The number of aromatic nitrogens is 1. The molecule has 1 aliphatic rings. The highest BCUT2D eigenvalue weighted by molar-refractivity contribution is 7.99. The fraction of sp³-hybridized carbons (Fsp3) is 0.500. The standard InChI is InChI=1S/C10H13N3O2S/c14-13(15)9-3-4-10(12-6-9)16-7-8-2-1-5-11-8/h3-4,6,8,11H,1-2,5,7H2/t8-/m0/s1. The summed E-state index contributed by atoms with van der Waals surface area (Å²) in [5.41, 5.74) is 0.0448. The summed E-state index contributed by atoms with van der Waals surface area (Å²) in [5, 5.41) is 14.7. The van der Waals surface area contributed by atoms with Crippen molar-refractivity contribution in [2.45, 2.75) is 23.9 Å². The summed E-state index contributed by atoms with van der Waals surface area (Å²) in [6.45, 7) is 1.10. The zero-order chi connectivity index (χ0) is 11.4. The molecule has 16 heavy (non-hydrogen) atoms. The third-order valence-electron chi connectivity index (χ3n) is 2.53. The normalized spacial score (nSPS) is 19.9. The molecule has 1 aromatic heterocycles. The van der Waals surface area contributed by atoms with Crippen LogP contribution in [0.25, 0.3) is 0 Å². The van der Waals surface area contributed by atoms with Crippen molar-refractivity contribution in [3.63, 3.8) is 0 Å². The summed E-state index contributed by atoms with van der Waals surface area (Å²) in [4.78, 5) is 14.1. The molecule has 0 bridgehead atoms. The van der Waals surface area contributed by atoms with Gasteiger partial charge in [-0.15, -0.1) is 11.8 Å². The van der Waals surface area contributed by atoms with Crippen molar-refractivity contribution < 1.29 is 4.92 Å². The number of nitrogens with zero attached hydrogens (tertiary/aromatic N) is 2. The number of hydrogen-bond acceptors (Lipinski definition) is 5. The van der Waals surface area contributed by atoms with E-state index in [1.54, 1.807) is 17.8 Å². The van der Waals surface area contributed by atoms with Crippen LogP contribution in [0.5, 0.6) is 0 Å². The molecule has 1 fully saturated rings. The Bertz CT molecular complexity index is 363. The van der Waals surface area contributed by atoms with Crippen LogP contribution >= 0.6 is 11.8 Å². The van der Waals surface area contributed by atoms with Crippen LogP contribution < -0.4 is 5.32 Å². The SMILES string of the molecule is O=[N+]([O-])c1ccc(SC[C@@H]2CCCN2)nc1. The molecule has 0 radical (unpaired) electrons. The molecule has 86 valence electrons. The van der Waals surface area contributed by atoms with Crippen molar-refractivity contribution in [3.05, 3.63) is 28.4 Å². The first-order valence-corrected chi connectivity index (χ1v) is 6.21. The number of rotatable bonds is 4. The summed E-state index contributed by atoms with van der Waals surface area (Å²) in [5.74, 6) is 0.977. The monoisotopic (exact) mass is 239 g/mol. The lowest BCUT2D eigenvalue weighted by Gasteiger charge is -2.08. The van der Waals surface area contributed by atoms with Crippen LogP contribution in [-0.4, -0.2) is 28.2 Å². The fourth-order valence-electron chi connectivity index (χ4n) is 1.65. The minimum atomic E-state index is -0.431. The largest absolute Gasteiger partial charge is 0.313 e. The van der Waals surface area contributed by atoms with Crippen LogP contribution in [0.15, 0.2) is 23.4 Å². The first kappa shape index (κ1) is 11.3. The Hall–Kier alpha value is -1.14. The predicted molar refractivity (Wildman–Crippen MR) is 62.6 cm³/mol. The second-order valence-corrected chi connectivity index (χ2v) is 4.76. The third-order valence-corrected chi connectivity index (χ3v) is 3.63. The minimum Gasteiger partial charge on any atom is -0.313 e. The highest BCUT2D eigenvalue weighted by Gasteiger charge is 2.14. The van der Waals surface area contributed by atoms with Gasteiger partial charge in [0.05, 0.1) is 9.95 Å². The summed E-state index contributed by atoms with van der Waals surface area (Å²) in [6, 6.07) is 3.76. The molecule has 0 unspecified atom stereocenters. The molecule has 1 saturated heterocycles. The van der Waals surface area contributed by atoms with Crippen LogP contribution in [0, 0.1) is 10.1 Å². The van der Waals surface area contributed by atoms with Gasteiger partial charge in [-0.05, 0) is 25.5 Å². The van der Waals surface area contributed by atoms with Gasteiger partial charge in [0.1, 0.15) is 6.20 Å². The van der Waals surface area contributed by atoms with Crippen LogP contribution in [0.4, 0.5) is 5.69 Å². The third kappa shape index (κ3) is 2.93. The lowest BCUT2D eigenvalue weighted by Crippen LogP contribution is -2.23. The molecular weight excluding hydrogens is 226 g/mol. The lowest BCUT2D eigenvalue weighted by atomic mass is 10.3. The van der Waals surface area contributed by atoms with Gasteiger partial charge >= 0.3 is 0 Å². The van der Waals surface area contributed by atoms with Gasteiger partial charge in [-0.2, -0.15) is 0 Å². The molecule has 0 aromatic carbocycles. The minimum absolute atomic E-state index is 0.0448. The van der Waals surface area contributed by atoms with E-state index in [0.29, 0.717) is 6.04 Å². The van der Waals surface area contributed by atoms with E-state index in [0.717, 1.165) is 17.3 Å². The van der Waals surface area contributed by atoms with E-state index in [1.165, 1.54) is 25.1 Å². The molecular formula is C10H13N3O2S. The second kappa shape index (κ2) is 5.27. The Morgan fingerprint density at radius 3 is 3.06 bits per heavy atom. The molecule has 1 aliphatic heterocycles. The van der Waals surface area contributed by atoms with Gasteiger partial charge in [0, 0.05) is 17.9 Å². The zero-order valence-electron chi connectivity index (χ0n) is 8.76. The number of nitro groups is 1. The Balaban J connectivity index is 1.87. The number of nitrogens with one attached hydrogen (secondary N) is 1. The van der Waals surface area contributed by atoms with Crippen LogP contribution in [0.1, 0.15) is 12.8 Å². The van der Waals surface area contributed by atoms with E-state index in [1.807, 2.05) is 0 Å². The smallest absolute Gasteiger partial charge is 0.287 e. The highest BCUT2D eigenvalue weighted by atomic mass is 32.2. The Morgan fingerprint density at radius 2 is 2.50 bits per heavy atom. The molecule has 1 N–H and O–H groups in total. The summed E-state index contributed by atoms with van der Waals surface area (Å²) in [7, 11) is 0. The average Bonchev–Trinajstić information content (AvgIpc) is 2.80. The van der Waals surface area contributed by atoms with Crippen molar-refractivity contribution in [3.8, 4) is 0 Å². The van der Waals surface area contributed by atoms with Gasteiger partial charge in [0.25, 0.3) is 5.69 Å². The topological polar surface area (TPSA) is 68.1 Å². The van der Waals surface area contributed by atoms with Crippen LogP contribution in [-0.2, 0) is 0 Å². The predicted octanol–water partition coefficient (Wildman–Crippen LogP) is 1.83. The van der Waals surface area contributed by atoms with Gasteiger partial charge in [-0.3, -0.25) is 10.1 Å². The van der Waals surface area contributed by atoms with Crippen LogP contribution in [0.3, 0.4) is 0 Å². The molecule has 0 amide bonds. The molecule has 5 nitrogen and oxygen atoms in total. The summed E-state index contributed by atoms with van der Waals surface area (Å²) >= 11 is 1.64. The van der Waals surface area contributed by atoms with Crippen molar-refractivity contribution >= 4 is 17.4 Å². The highest BCUT2D eigenvalue weighted by Crippen LogP contribution is 2.21. The Morgan fingerprint density at radius 1 is 1.62 bits per heavy atom. The maximum atomic E-state index is 10.4. The van der Waals surface area contributed by atoms with Crippen LogP contribution in [0.2, 0.25) is 0 Å². The summed E-state index contributed by atoms with van der Waals surface area (Å²) in [6.07, 6.45) is 3.75. The van der Waals surface area contributed by atoms with Crippen molar-refractivity contribution in [2.24, 2.45) is 0 Å². The van der Waals surface area contributed by atoms with Gasteiger partial charge in [-0.25, -0.2) is 4.98 Å². The zero-order valence-corrected chi connectivity index (χ0v) is 9.57. The lowest BCUT2D eigenvalue weighted by molar-refractivity contribution is -0.385. The van der Waals surface area contributed by atoms with E-state index in [2.05, 4.69) is 10.3 Å². The number of thioether (sulfide) groups is 1. The Labute approximate surface area is 97.8 Å². The van der Waals surface area contributed by atoms with Crippen molar-refractivity contribution in [1.29, 1.82) is 0 Å². The molecule has 1 aromatic rings. The van der Waals surface area contributed by atoms with E-state index >= 15 is 0 Å². The quantitative estimate of drug-likeness (QED) is 0.493. The van der Waals surface area contributed by atoms with Gasteiger partial charge in [-0.1, -0.05) is 0 Å². The summed E-state index contributed by atoms with van der Waals surface area (Å²) < 4.78 is 0. The van der Waals surface area contributed by atoms with E-state index in [4.69, 9.17) is 0 Å². The molecule has 0 spiro atoms. The fourth-order valence-corrected chi connectivity index (χ4v) is 2.60. The van der Waals surface area contributed by atoms with Crippen molar-refractivity contribution in [1.82, 2.24) is 10.3 Å². The number of hydrogen-bond donors (Lipinski definition) is 1. The van der Waals surface area contributed by atoms with Gasteiger partial charge in [0.15, 0.2) is 0 Å². The van der Waals surface area contributed by atoms with Gasteiger partial charge in [0.2, 0.25) is 0 Å². The maximum Gasteiger partial charge on any atom is 0.287 e. The Kier molecular flexibility index (Phi) is 3.74. The van der Waals surface area contributed by atoms with E-state index in [-0.39, 0.29) is 5.69 Å². The van der Waals surface area contributed by atoms with Crippen molar-refractivity contribution in [2.75, 3.05) is 12.3 Å². The molecule has 2 heterocycles. The molecule has 2 rings (SSSR count). The molecule has 1 atom stereocenters. The molecule has 0 saturated carbocycles. The van der Waals surface area contributed by atoms with E-state index in [9.17, 15) is 10.1 Å². The first-order chi connectivity index (χ1) is 7.75. The number of pyridine rings is 1. The van der Waals surface area contributed by atoms with Gasteiger partial charge < -0.3 is 5.32 Å². The maximum absolute atomic E-state index is 10.4.